The molecule has 0 spiro atoms. The quantitative estimate of drug-likeness (QED) is 0.505. The van der Waals surface area contributed by atoms with Gasteiger partial charge in [0.15, 0.2) is 16.9 Å². The number of nitrogens with zero attached hydrogens (tertiary/aromatic N) is 1. The maximum Gasteiger partial charge on any atom is 0.375 e. The molecule has 26 heavy (non-hydrogen) atoms. The third kappa shape index (κ3) is 4.09. The smallest absolute Gasteiger partial charge is 0.375 e. The molecule has 0 bridgehead atoms. The van der Waals surface area contributed by atoms with Crippen LogP contribution in [0.4, 0.5) is 0 Å². The van der Waals surface area contributed by atoms with Crippen LogP contribution >= 0.6 is 11.3 Å². The Morgan fingerprint density at radius 2 is 2.08 bits per heavy atom. The lowest BCUT2D eigenvalue weighted by atomic mass is 10.3. The van der Waals surface area contributed by atoms with Crippen LogP contribution in [0.15, 0.2) is 40.8 Å². The maximum atomic E-state index is 12.2. The summed E-state index contributed by atoms with van der Waals surface area (Å²) < 4.78 is 16.6. The number of hydrogen-bond acceptors (Lipinski definition) is 7. The van der Waals surface area contributed by atoms with E-state index in [0.29, 0.717) is 23.9 Å². The molecule has 0 saturated heterocycles. The van der Waals surface area contributed by atoms with Crippen molar-refractivity contribution in [1.29, 1.82) is 0 Å². The minimum Gasteiger partial charge on any atom is -0.447 e. The summed E-state index contributed by atoms with van der Waals surface area (Å²) >= 11 is 1.47. The molecule has 1 aromatic carbocycles. The number of thiazole rings is 1. The molecule has 3 rings (SSSR count). The first-order valence-corrected chi connectivity index (χ1v) is 8.83. The predicted octanol–water partition coefficient (Wildman–Crippen LogP) is 2.86. The van der Waals surface area contributed by atoms with Crippen molar-refractivity contribution in [2.75, 3.05) is 20.3 Å². The fraction of sp³-hybridized carbons (Fsp3) is 0.278. The van der Waals surface area contributed by atoms with Crippen LogP contribution in [0.25, 0.3) is 21.0 Å². The molecule has 2 aromatic heterocycles. The van der Waals surface area contributed by atoms with Crippen LogP contribution in [0.1, 0.15) is 17.5 Å². The number of benzene rings is 1. The van der Waals surface area contributed by atoms with Gasteiger partial charge in [-0.05, 0) is 31.2 Å². The average molecular weight is 374 g/mol. The van der Waals surface area contributed by atoms with Crippen LogP contribution in [-0.4, -0.2) is 43.2 Å². The highest BCUT2D eigenvalue weighted by molar-refractivity contribution is 7.21. The fourth-order valence-electron chi connectivity index (χ4n) is 2.23. The lowest BCUT2D eigenvalue weighted by Gasteiger charge is -2.12. The summed E-state index contributed by atoms with van der Waals surface area (Å²) in [5, 5.41) is 3.28. The number of fused-ring (bicyclic) bond motifs is 1. The number of furan rings is 1. The van der Waals surface area contributed by atoms with E-state index in [4.69, 9.17) is 13.9 Å². The minimum absolute atomic E-state index is 0.0239. The Labute approximate surface area is 153 Å². The minimum atomic E-state index is -0.935. The molecule has 3 aromatic rings. The molecule has 136 valence electrons. The lowest BCUT2D eigenvalue weighted by Crippen LogP contribution is -2.37. The summed E-state index contributed by atoms with van der Waals surface area (Å²) in [6.45, 7) is 2.23. The van der Waals surface area contributed by atoms with Crippen LogP contribution in [0.5, 0.6) is 0 Å². The van der Waals surface area contributed by atoms with Gasteiger partial charge in [-0.3, -0.25) is 4.79 Å². The van der Waals surface area contributed by atoms with Crippen molar-refractivity contribution < 1.29 is 23.5 Å². The number of rotatable bonds is 7. The van der Waals surface area contributed by atoms with Crippen LogP contribution in [0.2, 0.25) is 0 Å². The van der Waals surface area contributed by atoms with Crippen LogP contribution in [0.3, 0.4) is 0 Å². The van der Waals surface area contributed by atoms with Gasteiger partial charge in [0, 0.05) is 13.7 Å². The molecule has 0 aliphatic carbocycles. The normalized spacial score (nSPS) is 12.1. The van der Waals surface area contributed by atoms with Gasteiger partial charge in [-0.25, -0.2) is 9.78 Å². The first-order chi connectivity index (χ1) is 12.6. The highest BCUT2D eigenvalue weighted by Gasteiger charge is 2.21. The second-order valence-corrected chi connectivity index (χ2v) is 6.51. The fourth-order valence-corrected chi connectivity index (χ4v) is 3.16. The van der Waals surface area contributed by atoms with Crippen molar-refractivity contribution in [2.45, 2.75) is 13.0 Å². The van der Waals surface area contributed by atoms with Crippen molar-refractivity contribution in [2.24, 2.45) is 0 Å². The van der Waals surface area contributed by atoms with E-state index in [1.807, 2.05) is 24.3 Å². The Morgan fingerprint density at radius 3 is 2.85 bits per heavy atom. The SMILES string of the molecule is COCCNC(=O)[C@H](C)OC(=O)c1ccc(-c2nc3ccccc3s2)o1. The van der Waals surface area contributed by atoms with Gasteiger partial charge in [0.1, 0.15) is 0 Å². The number of amides is 1. The monoisotopic (exact) mass is 374 g/mol. The zero-order valence-electron chi connectivity index (χ0n) is 14.4. The van der Waals surface area contributed by atoms with E-state index in [0.717, 1.165) is 10.2 Å². The number of para-hydroxylation sites is 1. The van der Waals surface area contributed by atoms with Crippen LogP contribution in [-0.2, 0) is 14.3 Å². The number of aromatic nitrogens is 1. The highest BCUT2D eigenvalue weighted by Crippen LogP contribution is 2.31. The topological polar surface area (TPSA) is 90.7 Å². The molecule has 0 aliphatic heterocycles. The van der Waals surface area contributed by atoms with Crippen LogP contribution < -0.4 is 5.32 Å². The molecule has 0 radical (unpaired) electrons. The van der Waals surface area contributed by atoms with Gasteiger partial charge in [-0.1, -0.05) is 12.1 Å². The number of carbonyl (C=O) groups excluding carboxylic acids is 2. The molecule has 0 fully saturated rings. The third-order valence-electron chi connectivity index (χ3n) is 3.57. The van der Waals surface area contributed by atoms with Gasteiger partial charge in [-0.15, -0.1) is 11.3 Å². The van der Waals surface area contributed by atoms with E-state index in [2.05, 4.69) is 10.3 Å². The van der Waals surface area contributed by atoms with Gasteiger partial charge < -0.3 is 19.2 Å². The maximum absolute atomic E-state index is 12.2. The molecule has 8 heteroatoms. The number of nitrogens with one attached hydrogen (secondary N) is 1. The largest absolute Gasteiger partial charge is 0.447 e. The van der Waals surface area contributed by atoms with Crippen molar-refractivity contribution in [1.82, 2.24) is 10.3 Å². The first kappa shape index (κ1) is 18.1. The Kier molecular flexibility index (Phi) is 5.65. The van der Waals surface area contributed by atoms with E-state index in [9.17, 15) is 9.59 Å². The van der Waals surface area contributed by atoms with E-state index < -0.39 is 18.0 Å². The molecule has 7 nitrogen and oxygen atoms in total. The first-order valence-electron chi connectivity index (χ1n) is 8.02. The second kappa shape index (κ2) is 8.11. The van der Waals surface area contributed by atoms with E-state index in [-0.39, 0.29) is 5.76 Å². The average Bonchev–Trinajstić information content (AvgIpc) is 3.28. The zero-order chi connectivity index (χ0) is 18.5. The lowest BCUT2D eigenvalue weighted by molar-refractivity contribution is -0.129. The predicted molar refractivity (Wildman–Crippen MR) is 97.1 cm³/mol. The summed E-state index contributed by atoms with van der Waals surface area (Å²) in [5.74, 6) is -0.591. The van der Waals surface area contributed by atoms with Gasteiger partial charge in [0.25, 0.3) is 5.91 Å². The van der Waals surface area contributed by atoms with Crippen molar-refractivity contribution in [3.8, 4) is 10.8 Å². The van der Waals surface area contributed by atoms with Crippen LogP contribution in [0, 0.1) is 0 Å². The third-order valence-corrected chi connectivity index (χ3v) is 4.62. The molecule has 0 aliphatic rings. The Balaban J connectivity index is 1.65. The molecule has 0 saturated carbocycles. The van der Waals surface area contributed by atoms with Crippen molar-refractivity contribution in [3.63, 3.8) is 0 Å². The number of carbonyl (C=O) groups is 2. The summed E-state index contributed by atoms with van der Waals surface area (Å²) in [6, 6.07) is 10.9. The molecule has 0 unspecified atom stereocenters. The Hall–Kier alpha value is -2.71. The Morgan fingerprint density at radius 1 is 1.27 bits per heavy atom. The number of hydrogen-bond donors (Lipinski definition) is 1. The van der Waals surface area contributed by atoms with Gasteiger partial charge in [0.05, 0.1) is 16.8 Å². The van der Waals surface area contributed by atoms with E-state index in [1.54, 1.807) is 6.07 Å². The number of ether oxygens (including phenoxy) is 2. The molecule has 2 heterocycles. The van der Waals surface area contributed by atoms with Gasteiger partial charge in [0.2, 0.25) is 5.76 Å². The van der Waals surface area contributed by atoms with E-state index in [1.165, 1.54) is 31.4 Å². The zero-order valence-corrected chi connectivity index (χ0v) is 15.2. The molecule has 1 N–H and O–H groups in total. The van der Waals surface area contributed by atoms with E-state index >= 15 is 0 Å². The Bertz CT molecular complexity index is 884. The summed E-state index contributed by atoms with van der Waals surface area (Å²) in [5.41, 5.74) is 0.870. The summed E-state index contributed by atoms with van der Waals surface area (Å²) in [4.78, 5) is 28.5. The van der Waals surface area contributed by atoms with Gasteiger partial charge >= 0.3 is 5.97 Å². The summed E-state index contributed by atoms with van der Waals surface area (Å²) in [7, 11) is 1.54. The standard InChI is InChI=1S/C18H18N2O5S/c1-11(16(21)19-9-10-23-2)24-18(22)14-8-7-13(25-14)17-20-12-5-3-4-6-15(12)26-17/h3-8,11H,9-10H2,1-2H3,(H,19,21)/t11-/m0/s1. The van der Waals surface area contributed by atoms with Crippen molar-refractivity contribution >= 4 is 33.4 Å². The summed E-state index contributed by atoms with van der Waals surface area (Å²) in [6.07, 6.45) is -0.935. The molecule has 1 atom stereocenters. The number of esters is 1. The second-order valence-electron chi connectivity index (χ2n) is 5.48. The molecular formula is C18H18N2O5S. The number of methoxy groups -OCH3 is 1. The molecular weight excluding hydrogens is 356 g/mol. The van der Waals surface area contributed by atoms with Crippen molar-refractivity contribution in [3.05, 3.63) is 42.2 Å². The molecule has 1 amide bonds. The highest BCUT2D eigenvalue weighted by atomic mass is 32.1. The van der Waals surface area contributed by atoms with Gasteiger partial charge in [-0.2, -0.15) is 0 Å².